The lowest BCUT2D eigenvalue weighted by molar-refractivity contribution is -0.117. The van der Waals surface area contributed by atoms with Gasteiger partial charge in [0.05, 0.1) is 17.3 Å². The number of benzene rings is 1. The number of nitrogens with one attached hydrogen (secondary N) is 1. The minimum Gasteiger partial charge on any atom is -0.324 e. The average molecular weight is 275 g/mol. The van der Waals surface area contributed by atoms with Crippen LogP contribution in [0, 0.1) is 16.7 Å². The second-order valence-corrected chi connectivity index (χ2v) is 5.53. The van der Waals surface area contributed by atoms with E-state index in [0.717, 1.165) is 17.5 Å². The van der Waals surface area contributed by atoms with Crippen molar-refractivity contribution in [3.05, 3.63) is 41.0 Å². The number of rotatable bonds is 2. The number of amides is 1. The molecular weight excluding hydrogens is 260 g/mol. The quantitative estimate of drug-likeness (QED) is 0.843. The Morgan fingerprint density at radius 2 is 2.16 bits per heavy atom. The lowest BCUT2D eigenvalue weighted by Gasteiger charge is -2.33. The summed E-state index contributed by atoms with van der Waals surface area (Å²) in [7, 11) is 0. The van der Waals surface area contributed by atoms with Crippen LogP contribution in [0.3, 0.4) is 0 Å². The normalized spacial score (nSPS) is 16.5. The molecule has 1 aromatic carbocycles. The van der Waals surface area contributed by atoms with E-state index < -0.39 is 0 Å². The first kappa shape index (κ1) is 13.6. The van der Waals surface area contributed by atoms with Gasteiger partial charge < -0.3 is 5.32 Å². The summed E-state index contributed by atoms with van der Waals surface area (Å²) in [5, 5.41) is 12.2. The van der Waals surface area contributed by atoms with Crippen LogP contribution < -0.4 is 5.32 Å². The zero-order chi connectivity index (χ0) is 14.0. The number of carbonyl (C=O) groups excluding carboxylic acids is 1. The van der Waals surface area contributed by atoms with Crippen LogP contribution in [-0.2, 0) is 11.2 Å². The van der Waals surface area contributed by atoms with Crippen LogP contribution in [0.5, 0.6) is 0 Å². The van der Waals surface area contributed by atoms with Gasteiger partial charge in [-0.2, -0.15) is 5.26 Å². The summed E-state index contributed by atoms with van der Waals surface area (Å²) >= 11 is 5.54. The minimum absolute atomic E-state index is 0.120. The maximum absolute atomic E-state index is 11.6. The predicted octanol–water partition coefficient (Wildman–Crippen LogP) is 2.86. The first-order valence-corrected chi connectivity index (χ1v) is 6.62. The van der Waals surface area contributed by atoms with Gasteiger partial charge in [-0.25, -0.2) is 0 Å². The summed E-state index contributed by atoms with van der Waals surface area (Å²) in [6.45, 7) is 4.02. The fourth-order valence-corrected chi connectivity index (χ4v) is 2.53. The molecule has 0 heterocycles. The first-order chi connectivity index (χ1) is 8.99. The molecule has 0 radical (unpaired) electrons. The maximum atomic E-state index is 11.6. The van der Waals surface area contributed by atoms with Crippen molar-refractivity contribution in [2.24, 2.45) is 5.41 Å². The minimum atomic E-state index is -0.295. The van der Waals surface area contributed by atoms with Gasteiger partial charge in [0.25, 0.3) is 0 Å². The van der Waals surface area contributed by atoms with Crippen molar-refractivity contribution in [2.45, 2.75) is 20.3 Å². The molecule has 0 fully saturated rings. The van der Waals surface area contributed by atoms with E-state index in [1.165, 1.54) is 0 Å². The molecule has 0 unspecified atom stereocenters. The van der Waals surface area contributed by atoms with Crippen molar-refractivity contribution in [1.82, 2.24) is 5.32 Å². The number of hydrogen-bond donors (Lipinski definition) is 1. The molecule has 0 atom stereocenters. The molecule has 1 aliphatic carbocycles. The largest absolute Gasteiger partial charge is 0.324 e. The van der Waals surface area contributed by atoms with Gasteiger partial charge in [-0.05, 0) is 12.0 Å². The van der Waals surface area contributed by atoms with Gasteiger partial charge in [-0.15, -0.1) is 11.6 Å². The van der Waals surface area contributed by atoms with Crippen LogP contribution in [0.15, 0.2) is 29.8 Å². The number of carbonyl (C=O) groups is 1. The van der Waals surface area contributed by atoms with Crippen LogP contribution in [0.4, 0.5) is 0 Å². The van der Waals surface area contributed by atoms with E-state index in [0.29, 0.717) is 11.3 Å². The Labute approximate surface area is 117 Å². The number of hydrogen-bond acceptors (Lipinski definition) is 2. The molecule has 0 spiro atoms. The first-order valence-electron chi connectivity index (χ1n) is 6.08. The van der Waals surface area contributed by atoms with Crippen molar-refractivity contribution in [2.75, 3.05) is 5.88 Å². The molecule has 1 N–H and O–H groups in total. The van der Waals surface area contributed by atoms with Crippen LogP contribution in [0.25, 0.3) is 5.70 Å². The third kappa shape index (κ3) is 2.50. The summed E-state index contributed by atoms with van der Waals surface area (Å²) in [5.74, 6) is -0.415. The lowest BCUT2D eigenvalue weighted by atomic mass is 9.72. The van der Waals surface area contributed by atoms with Gasteiger partial charge in [0.1, 0.15) is 5.88 Å². The Balaban J connectivity index is 2.61. The van der Waals surface area contributed by atoms with E-state index in [2.05, 4.69) is 11.4 Å². The Kier molecular flexibility index (Phi) is 3.64. The number of alkyl halides is 1. The fourth-order valence-electron chi connectivity index (χ4n) is 2.47. The Bertz CT molecular complexity index is 596. The molecule has 0 saturated carbocycles. The SMILES string of the molecule is CC1(C)Cc2ccccc2C(NC(=O)CCl)=C1C#N. The lowest BCUT2D eigenvalue weighted by Crippen LogP contribution is -2.32. The molecule has 0 bridgehead atoms. The third-order valence-corrected chi connectivity index (χ3v) is 3.59. The highest BCUT2D eigenvalue weighted by molar-refractivity contribution is 6.27. The molecule has 2 rings (SSSR count). The third-order valence-electron chi connectivity index (χ3n) is 3.34. The Morgan fingerprint density at radius 3 is 2.79 bits per heavy atom. The molecule has 1 aliphatic rings. The average Bonchev–Trinajstić information content (AvgIpc) is 2.37. The van der Waals surface area contributed by atoms with Gasteiger partial charge in [0, 0.05) is 11.0 Å². The van der Waals surface area contributed by atoms with Crippen molar-refractivity contribution in [3.63, 3.8) is 0 Å². The summed E-state index contributed by atoms with van der Waals surface area (Å²) in [6, 6.07) is 10.1. The highest BCUT2D eigenvalue weighted by Crippen LogP contribution is 2.41. The van der Waals surface area contributed by atoms with Crippen molar-refractivity contribution < 1.29 is 4.79 Å². The molecule has 4 heteroatoms. The Morgan fingerprint density at radius 1 is 1.47 bits per heavy atom. The summed E-state index contributed by atoms with van der Waals surface area (Å²) < 4.78 is 0. The van der Waals surface area contributed by atoms with Crippen molar-refractivity contribution in [3.8, 4) is 6.07 Å². The summed E-state index contributed by atoms with van der Waals surface area (Å²) in [6.07, 6.45) is 0.784. The Hall–Kier alpha value is -1.79. The monoisotopic (exact) mass is 274 g/mol. The van der Waals surface area contributed by atoms with E-state index in [1.807, 2.05) is 38.1 Å². The number of fused-ring (bicyclic) bond motifs is 1. The second kappa shape index (κ2) is 5.07. The zero-order valence-corrected chi connectivity index (χ0v) is 11.7. The van der Waals surface area contributed by atoms with Crippen LogP contribution in [0.2, 0.25) is 0 Å². The van der Waals surface area contributed by atoms with Crippen LogP contribution in [0.1, 0.15) is 25.0 Å². The molecule has 3 nitrogen and oxygen atoms in total. The van der Waals surface area contributed by atoms with Gasteiger partial charge in [0.2, 0.25) is 5.91 Å². The molecule has 1 amide bonds. The molecule has 0 aliphatic heterocycles. The van der Waals surface area contributed by atoms with Gasteiger partial charge >= 0.3 is 0 Å². The zero-order valence-electron chi connectivity index (χ0n) is 11.0. The highest BCUT2D eigenvalue weighted by Gasteiger charge is 2.33. The van der Waals surface area contributed by atoms with Crippen molar-refractivity contribution >= 4 is 23.2 Å². The van der Waals surface area contributed by atoms with E-state index >= 15 is 0 Å². The predicted molar refractivity (Wildman–Crippen MR) is 75.3 cm³/mol. The van der Waals surface area contributed by atoms with Crippen molar-refractivity contribution in [1.29, 1.82) is 5.26 Å². The van der Waals surface area contributed by atoms with Gasteiger partial charge in [-0.3, -0.25) is 4.79 Å². The van der Waals surface area contributed by atoms with E-state index in [-0.39, 0.29) is 17.2 Å². The topological polar surface area (TPSA) is 52.9 Å². The molecule has 1 aromatic rings. The van der Waals surface area contributed by atoms with E-state index in [4.69, 9.17) is 11.6 Å². The van der Waals surface area contributed by atoms with E-state index in [1.54, 1.807) is 0 Å². The molecule has 0 aromatic heterocycles. The number of nitrogens with zero attached hydrogens (tertiary/aromatic N) is 1. The molecule has 19 heavy (non-hydrogen) atoms. The molecule has 98 valence electrons. The second-order valence-electron chi connectivity index (χ2n) is 5.26. The van der Waals surface area contributed by atoms with Gasteiger partial charge in [0.15, 0.2) is 0 Å². The van der Waals surface area contributed by atoms with Crippen LogP contribution >= 0.6 is 11.6 Å². The molecule has 0 saturated heterocycles. The number of nitriles is 1. The summed E-state index contributed by atoms with van der Waals surface area (Å²) in [5.41, 5.74) is 2.95. The standard InChI is InChI=1S/C15H15ClN2O/c1-15(2)7-10-5-3-4-6-11(10)14(12(15)9-17)18-13(19)8-16/h3-6H,7-8H2,1-2H3,(H,18,19). The maximum Gasteiger partial charge on any atom is 0.239 e. The smallest absolute Gasteiger partial charge is 0.239 e. The highest BCUT2D eigenvalue weighted by atomic mass is 35.5. The van der Waals surface area contributed by atoms with Gasteiger partial charge in [-0.1, -0.05) is 38.1 Å². The number of halogens is 1. The van der Waals surface area contributed by atoms with Crippen LogP contribution in [-0.4, -0.2) is 11.8 Å². The fraction of sp³-hybridized carbons (Fsp3) is 0.333. The number of allylic oxidation sites excluding steroid dienone is 1. The molecular formula is C15H15ClN2O. The van der Waals surface area contributed by atoms with E-state index in [9.17, 15) is 10.1 Å². The summed E-state index contributed by atoms with van der Waals surface area (Å²) in [4.78, 5) is 11.6.